The summed E-state index contributed by atoms with van der Waals surface area (Å²) < 4.78 is 1.33. The standard InChI is InChI=1S/C6H7ClN2O2/c1-3(10)5-8-6(11)4(7)9(5)2/h11H,1-2H3. The van der Waals surface area contributed by atoms with Crippen molar-refractivity contribution in [3.8, 4) is 5.88 Å². The first-order chi connectivity index (χ1) is 5.04. The van der Waals surface area contributed by atoms with Gasteiger partial charge in [0.25, 0.3) is 0 Å². The van der Waals surface area contributed by atoms with E-state index in [1.54, 1.807) is 7.05 Å². The Kier molecular flexibility index (Phi) is 1.87. The summed E-state index contributed by atoms with van der Waals surface area (Å²) in [5, 5.41) is 9.03. The fourth-order valence-electron chi connectivity index (χ4n) is 0.779. The maximum atomic E-state index is 10.8. The molecule has 0 saturated carbocycles. The van der Waals surface area contributed by atoms with Crippen LogP contribution in [0.2, 0.25) is 5.15 Å². The minimum atomic E-state index is -0.306. The number of imidazole rings is 1. The monoisotopic (exact) mass is 174 g/mol. The first-order valence-electron chi connectivity index (χ1n) is 2.96. The lowest BCUT2D eigenvalue weighted by molar-refractivity contribution is 0.1000. The first-order valence-corrected chi connectivity index (χ1v) is 3.34. The van der Waals surface area contributed by atoms with Gasteiger partial charge >= 0.3 is 0 Å². The molecule has 0 amide bonds. The highest BCUT2D eigenvalue weighted by atomic mass is 35.5. The normalized spacial score (nSPS) is 10.1. The van der Waals surface area contributed by atoms with Crippen LogP contribution in [0.5, 0.6) is 5.88 Å². The van der Waals surface area contributed by atoms with Gasteiger partial charge in [-0.1, -0.05) is 11.6 Å². The molecule has 4 nitrogen and oxygen atoms in total. The Bertz CT molecular complexity index is 306. The molecule has 1 aromatic rings. The fraction of sp³-hybridized carbons (Fsp3) is 0.333. The smallest absolute Gasteiger partial charge is 0.249 e. The zero-order valence-electron chi connectivity index (χ0n) is 6.13. The predicted octanol–water partition coefficient (Wildman–Crippen LogP) is 0.982. The molecule has 0 saturated heterocycles. The van der Waals surface area contributed by atoms with E-state index < -0.39 is 0 Å². The lowest BCUT2D eigenvalue weighted by Gasteiger charge is -1.94. The number of aromatic nitrogens is 2. The molecule has 0 radical (unpaired) electrons. The summed E-state index contributed by atoms with van der Waals surface area (Å²) in [4.78, 5) is 14.3. The van der Waals surface area contributed by atoms with E-state index in [1.807, 2.05) is 0 Å². The van der Waals surface area contributed by atoms with Crippen LogP contribution >= 0.6 is 11.6 Å². The summed E-state index contributed by atoms with van der Waals surface area (Å²) in [6, 6.07) is 0. The van der Waals surface area contributed by atoms with Crippen LogP contribution in [0.1, 0.15) is 17.5 Å². The second-order valence-electron chi connectivity index (χ2n) is 2.17. The number of rotatable bonds is 1. The summed E-state index contributed by atoms with van der Waals surface area (Å²) in [5.74, 6) is -0.374. The Morgan fingerprint density at radius 1 is 1.73 bits per heavy atom. The Morgan fingerprint density at radius 3 is 2.45 bits per heavy atom. The minimum Gasteiger partial charge on any atom is -0.491 e. The van der Waals surface area contributed by atoms with Crippen molar-refractivity contribution in [3.05, 3.63) is 11.0 Å². The zero-order chi connectivity index (χ0) is 8.59. The number of ketones is 1. The molecule has 0 spiro atoms. The zero-order valence-corrected chi connectivity index (χ0v) is 6.88. The van der Waals surface area contributed by atoms with Gasteiger partial charge in [0.1, 0.15) is 0 Å². The summed E-state index contributed by atoms with van der Waals surface area (Å²) in [6.45, 7) is 1.36. The van der Waals surface area contributed by atoms with Gasteiger partial charge < -0.3 is 9.67 Å². The molecule has 1 N–H and O–H groups in total. The van der Waals surface area contributed by atoms with E-state index in [2.05, 4.69) is 4.98 Å². The summed E-state index contributed by atoms with van der Waals surface area (Å²) in [7, 11) is 1.56. The third-order valence-electron chi connectivity index (χ3n) is 1.32. The molecule has 0 aliphatic rings. The molecular weight excluding hydrogens is 168 g/mol. The number of carbonyl (C=O) groups is 1. The molecule has 0 atom stereocenters. The molecule has 0 bridgehead atoms. The van der Waals surface area contributed by atoms with Crippen LogP contribution in [0.25, 0.3) is 0 Å². The van der Waals surface area contributed by atoms with Crippen LogP contribution in [0.3, 0.4) is 0 Å². The molecule has 0 unspecified atom stereocenters. The van der Waals surface area contributed by atoms with Crippen molar-refractivity contribution in [2.75, 3.05) is 0 Å². The molecule has 1 heterocycles. The van der Waals surface area contributed by atoms with E-state index >= 15 is 0 Å². The Balaban J connectivity index is 3.29. The SMILES string of the molecule is CC(=O)c1nc(O)c(Cl)n1C. The van der Waals surface area contributed by atoms with Crippen molar-refractivity contribution < 1.29 is 9.90 Å². The van der Waals surface area contributed by atoms with E-state index in [0.29, 0.717) is 0 Å². The van der Waals surface area contributed by atoms with Crippen LogP contribution in [-0.4, -0.2) is 20.4 Å². The van der Waals surface area contributed by atoms with Crippen molar-refractivity contribution in [2.24, 2.45) is 7.05 Å². The fourth-order valence-corrected chi connectivity index (χ4v) is 0.902. The maximum Gasteiger partial charge on any atom is 0.249 e. The number of carbonyl (C=O) groups excluding carboxylic acids is 1. The summed E-state index contributed by atoms with van der Waals surface area (Å²) in [6.07, 6.45) is 0. The van der Waals surface area contributed by atoms with E-state index in [-0.39, 0.29) is 22.6 Å². The van der Waals surface area contributed by atoms with Crippen LogP contribution in [0, 0.1) is 0 Å². The van der Waals surface area contributed by atoms with Gasteiger partial charge in [-0.3, -0.25) is 4.79 Å². The second-order valence-corrected chi connectivity index (χ2v) is 2.52. The first kappa shape index (κ1) is 8.07. The van der Waals surface area contributed by atoms with Gasteiger partial charge in [-0.15, -0.1) is 0 Å². The highest BCUT2D eigenvalue weighted by Gasteiger charge is 2.14. The molecule has 0 fully saturated rings. The molecule has 1 aromatic heterocycles. The van der Waals surface area contributed by atoms with E-state index in [1.165, 1.54) is 11.5 Å². The highest BCUT2D eigenvalue weighted by molar-refractivity contribution is 6.31. The highest BCUT2D eigenvalue weighted by Crippen LogP contribution is 2.22. The molecule has 1 rings (SSSR count). The summed E-state index contributed by atoms with van der Waals surface area (Å²) >= 11 is 5.54. The number of aromatic hydroxyl groups is 1. The van der Waals surface area contributed by atoms with Crippen LogP contribution < -0.4 is 0 Å². The lowest BCUT2D eigenvalue weighted by atomic mass is 10.4. The Morgan fingerprint density at radius 2 is 2.27 bits per heavy atom. The molecule has 11 heavy (non-hydrogen) atoms. The Hall–Kier alpha value is -1.03. The quantitative estimate of drug-likeness (QED) is 0.646. The van der Waals surface area contributed by atoms with Gasteiger partial charge in [0.05, 0.1) is 0 Å². The molecular formula is C6H7ClN2O2. The molecule has 60 valence electrons. The van der Waals surface area contributed by atoms with Crippen LogP contribution in [0.15, 0.2) is 0 Å². The second kappa shape index (κ2) is 2.54. The largest absolute Gasteiger partial charge is 0.491 e. The number of hydrogen-bond acceptors (Lipinski definition) is 3. The van der Waals surface area contributed by atoms with Crippen molar-refractivity contribution >= 4 is 17.4 Å². The summed E-state index contributed by atoms with van der Waals surface area (Å²) in [5.41, 5.74) is 0. The third kappa shape index (κ3) is 1.21. The minimum absolute atomic E-state index is 0.0789. The number of nitrogens with zero attached hydrogens (tertiary/aromatic N) is 2. The predicted molar refractivity (Wildman–Crippen MR) is 39.9 cm³/mol. The van der Waals surface area contributed by atoms with E-state index in [0.717, 1.165) is 0 Å². The van der Waals surface area contributed by atoms with Crippen LogP contribution in [-0.2, 0) is 7.05 Å². The Labute approximate surface area is 68.4 Å². The van der Waals surface area contributed by atoms with Crippen LogP contribution in [0.4, 0.5) is 0 Å². The average molecular weight is 175 g/mol. The number of Topliss-reactive ketones (excluding diaryl/α,β-unsaturated/α-hetero) is 1. The number of halogens is 1. The van der Waals surface area contributed by atoms with Gasteiger partial charge in [0.2, 0.25) is 5.88 Å². The molecule has 0 aliphatic heterocycles. The third-order valence-corrected chi connectivity index (χ3v) is 1.75. The topological polar surface area (TPSA) is 55.1 Å². The molecule has 5 heteroatoms. The van der Waals surface area contributed by atoms with Gasteiger partial charge in [-0.2, -0.15) is 4.98 Å². The van der Waals surface area contributed by atoms with Crippen molar-refractivity contribution in [1.29, 1.82) is 0 Å². The maximum absolute atomic E-state index is 10.8. The van der Waals surface area contributed by atoms with Gasteiger partial charge in [0, 0.05) is 14.0 Å². The van der Waals surface area contributed by atoms with Gasteiger partial charge in [-0.05, 0) is 0 Å². The van der Waals surface area contributed by atoms with Crippen molar-refractivity contribution in [2.45, 2.75) is 6.92 Å². The van der Waals surface area contributed by atoms with E-state index in [9.17, 15) is 4.79 Å². The average Bonchev–Trinajstić information content (AvgIpc) is 2.17. The number of hydrogen-bond donors (Lipinski definition) is 1. The van der Waals surface area contributed by atoms with Gasteiger partial charge in [0.15, 0.2) is 16.8 Å². The van der Waals surface area contributed by atoms with E-state index in [4.69, 9.17) is 16.7 Å². The van der Waals surface area contributed by atoms with Crippen molar-refractivity contribution in [3.63, 3.8) is 0 Å². The van der Waals surface area contributed by atoms with Crippen molar-refractivity contribution in [1.82, 2.24) is 9.55 Å². The molecule has 0 aromatic carbocycles. The lowest BCUT2D eigenvalue weighted by Crippen LogP contribution is -2.02. The molecule has 0 aliphatic carbocycles. The van der Waals surface area contributed by atoms with Gasteiger partial charge in [-0.25, -0.2) is 0 Å².